The Hall–Kier alpha value is -1.34. The van der Waals surface area contributed by atoms with Crippen molar-refractivity contribution in [2.45, 2.75) is 35.8 Å². The molecule has 0 spiro atoms. The van der Waals surface area contributed by atoms with Gasteiger partial charge in [-0.25, -0.2) is 13.1 Å². The normalized spacial score (nSPS) is 16.4. The molecule has 0 unspecified atom stereocenters. The first-order valence-electron chi connectivity index (χ1n) is 8.29. The number of aromatic amines is 1. The number of thiophene rings is 1. The van der Waals surface area contributed by atoms with Crippen LogP contribution in [-0.2, 0) is 21.9 Å². The zero-order valence-electron chi connectivity index (χ0n) is 13.8. The summed E-state index contributed by atoms with van der Waals surface area (Å²) in [6.45, 7) is 2.45. The molecule has 2 aromatic heterocycles. The van der Waals surface area contributed by atoms with Crippen LogP contribution in [0.3, 0.4) is 0 Å². The number of benzene rings is 1. The molecule has 0 radical (unpaired) electrons. The monoisotopic (exact) mass is 394 g/mol. The number of fused-ring (bicyclic) bond motifs is 1. The van der Waals surface area contributed by atoms with Crippen LogP contribution >= 0.6 is 22.9 Å². The molecule has 1 aliphatic carbocycles. The van der Waals surface area contributed by atoms with E-state index < -0.39 is 10.0 Å². The van der Waals surface area contributed by atoms with E-state index in [0.717, 1.165) is 35.0 Å². The van der Waals surface area contributed by atoms with Crippen molar-refractivity contribution in [2.75, 3.05) is 6.54 Å². The van der Waals surface area contributed by atoms with Crippen molar-refractivity contribution in [1.29, 1.82) is 0 Å². The number of aryl methyl sites for hydroxylation is 1. The summed E-state index contributed by atoms with van der Waals surface area (Å²) in [6, 6.07) is 9.36. The van der Waals surface area contributed by atoms with Gasteiger partial charge in [-0.1, -0.05) is 24.6 Å². The van der Waals surface area contributed by atoms with Crippen molar-refractivity contribution in [2.24, 2.45) is 0 Å². The first-order chi connectivity index (χ1) is 11.9. The first-order valence-corrected chi connectivity index (χ1v) is 11.0. The standard InChI is InChI=1S/C18H19ClN2O2S2/c1-2-13-4-6-17(24-13)25(22,23)21-11-18(7-8-18)15-10-20-16-9-12(19)3-5-14(15)16/h3-6,9-10,20-21H,2,7-8,11H2,1H3. The van der Waals surface area contributed by atoms with Crippen molar-refractivity contribution in [3.8, 4) is 0 Å². The second-order valence-electron chi connectivity index (χ2n) is 6.57. The van der Waals surface area contributed by atoms with E-state index in [-0.39, 0.29) is 5.41 Å². The minimum atomic E-state index is -3.46. The highest BCUT2D eigenvalue weighted by Gasteiger charge is 2.46. The zero-order chi connectivity index (χ0) is 17.7. The highest BCUT2D eigenvalue weighted by Crippen LogP contribution is 2.50. The van der Waals surface area contributed by atoms with Gasteiger partial charge >= 0.3 is 0 Å². The smallest absolute Gasteiger partial charge is 0.250 e. The number of aromatic nitrogens is 1. The fraction of sp³-hybridized carbons (Fsp3) is 0.333. The van der Waals surface area contributed by atoms with Gasteiger partial charge in [0, 0.05) is 39.0 Å². The van der Waals surface area contributed by atoms with E-state index in [2.05, 4.69) is 9.71 Å². The van der Waals surface area contributed by atoms with Gasteiger partial charge in [0.25, 0.3) is 0 Å². The third-order valence-corrected chi connectivity index (χ3v) is 8.28. The summed E-state index contributed by atoms with van der Waals surface area (Å²) in [7, 11) is -3.46. The van der Waals surface area contributed by atoms with E-state index in [9.17, 15) is 8.42 Å². The lowest BCUT2D eigenvalue weighted by Gasteiger charge is -2.15. The molecule has 0 saturated heterocycles. The number of rotatable bonds is 6. The molecular formula is C18H19ClN2O2S2. The van der Waals surface area contributed by atoms with Crippen molar-refractivity contribution in [3.05, 3.63) is 52.0 Å². The molecule has 2 heterocycles. The fourth-order valence-electron chi connectivity index (χ4n) is 3.23. The molecule has 2 N–H and O–H groups in total. The lowest BCUT2D eigenvalue weighted by atomic mass is 9.96. The molecule has 4 rings (SSSR count). The van der Waals surface area contributed by atoms with Crippen LogP contribution in [0.4, 0.5) is 0 Å². The van der Waals surface area contributed by atoms with Crippen molar-refractivity contribution < 1.29 is 8.42 Å². The average molecular weight is 395 g/mol. The van der Waals surface area contributed by atoms with Gasteiger partial charge in [0.1, 0.15) is 4.21 Å². The lowest BCUT2D eigenvalue weighted by molar-refractivity contribution is 0.569. The highest BCUT2D eigenvalue weighted by molar-refractivity contribution is 7.91. The second-order valence-corrected chi connectivity index (χ2v) is 10.2. The number of sulfonamides is 1. The number of nitrogens with one attached hydrogen (secondary N) is 2. The number of halogens is 1. The van der Waals surface area contributed by atoms with Crippen LogP contribution in [0.5, 0.6) is 0 Å². The molecule has 0 bridgehead atoms. The van der Waals surface area contributed by atoms with Gasteiger partial charge < -0.3 is 4.98 Å². The van der Waals surface area contributed by atoms with Crippen LogP contribution < -0.4 is 4.72 Å². The predicted octanol–water partition coefficient (Wildman–Crippen LogP) is 4.46. The van der Waals surface area contributed by atoms with Crippen LogP contribution in [0.15, 0.2) is 40.7 Å². The molecule has 1 fully saturated rings. The summed E-state index contributed by atoms with van der Waals surface area (Å²) in [5.74, 6) is 0. The second kappa shape index (κ2) is 6.13. The van der Waals surface area contributed by atoms with Gasteiger partial charge in [-0.2, -0.15) is 0 Å². The molecule has 0 amide bonds. The van der Waals surface area contributed by atoms with Crippen molar-refractivity contribution >= 4 is 43.9 Å². The lowest BCUT2D eigenvalue weighted by Crippen LogP contribution is -2.31. The Balaban J connectivity index is 1.57. The van der Waals surface area contributed by atoms with Crippen molar-refractivity contribution in [3.63, 3.8) is 0 Å². The predicted molar refractivity (Wildman–Crippen MR) is 103 cm³/mol. The summed E-state index contributed by atoms with van der Waals surface area (Å²) in [5.41, 5.74) is 2.04. The minimum Gasteiger partial charge on any atom is -0.361 e. The molecule has 1 saturated carbocycles. The van der Waals surface area contributed by atoms with Crippen LogP contribution in [-0.4, -0.2) is 19.9 Å². The van der Waals surface area contributed by atoms with Crippen LogP contribution in [0, 0.1) is 0 Å². The Labute approximate surface area is 156 Å². The molecule has 1 aliphatic rings. The molecule has 7 heteroatoms. The van der Waals surface area contributed by atoms with Crippen LogP contribution in [0.1, 0.15) is 30.2 Å². The summed E-state index contributed by atoms with van der Waals surface area (Å²) < 4.78 is 28.4. The van der Waals surface area contributed by atoms with Gasteiger partial charge in [0.15, 0.2) is 0 Å². The highest BCUT2D eigenvalue weighted by atomic mass is 35.5. The Kier molecular flexibility index (Phi) is 4.19. The molecule has 132 valence electrons. The number of hydrogen-bond acceptors (Lipinski definition) is 3. The molecule has 1 aromatic carbocycles. The Morgan fingerprint density at radius 2 is 2.08 bits per heavy atom. The SMILES string of the molecule is CCc1ccc(S(=O)(=O)NCC2(c3c[nH]c4cc(Cl)ccc34)CC2)s1. The Morgan fingerprint density at radius 1 is 1.28 bits per heavy atom. The van der Waals surface area contributed by atoms with Crippen LogP contribution in [0.25, 0.3) is 10.9 Å². The van der Waals surface area contributed by atoms with Gasteiger partial charge in [0.2, 0.25) is 10.0 Å². The van der Waals surface area contributed by atoms with E-state index >= 15 is 0 Å². The van der Waals surface area contributed by atoms with E-state index in [1.165, 1.54) is 16.9 Å². The minimum absolute atomic E-state index is 0.121. The molecular weight excluding hydrogens is 376 g/mol. The Bertz CT molecular complexity index is 1030. The molecule has 0 atom stereocenters. The van der Waals surface area contributed by atoms with Gasteiger partial charge in [-0.15, -0.1) is 11.3 Å². The zero-order valence-corrected chi connectivity index (χ0v) is 16.2. The largest absolute Gasteiger partial charge is 0.361 e. The Morgan fingerprint density at radius 3 is 2.76 bits per heavy atom. The topological polar surface area (TPSA) is 62.0 Å². The molecule has 25 heavy (non-hydrogen) atoms. The van der Waals surface area contributed by atoms with Gasteiger partial charge in [0.05, 0.1) is 0 Å². The van der Waals surface area contributed by atoms with Gasteiger partial charge in [-0.05, 0) is 49.1 Å². The van der Waals surface area contributed by atoms with Crippen molar-refractivity contribution in [1.82, 2.24) is 9.71 Å². The maximum absolute atomic E-state index is 12.6. The van der Waals surface area contributed by atoms with E-state index in [4.69, 9.17) is 11.6 Å². The van der Waals surface area contributed by atoms with E-state index in [1.54, 1.807) is 6.07 Å². The maximum atomic E-state index is 12.6. The fourth-order valence-corrected chi connectivity index (χ4v) is 5.87. The summed E-state index contributed by atoms with van der Waals surface area (Å²) in [5, 5.41) is 1.81. The molecule has 0 aliphatic heterocycles. The molecule has 3 aromatic rings. The number of H-pyrrole nitrogens is 1. The summed E-state index contributed by atoms with van der Waals surface area (Å²) in [4.78, 5) is 4.33. The third-order valence-electron chi connectivity index (χ3n) is 4.92. The quantitative estimate of drug-likeness (QED) is 0.648. The first kappa shape index (κ1) is 17.1. The average Bonchev–Trinajstić information content (AvgIpc) is 3.03. The summed E-state index contributed by atoms with van der Waals surface area (Å²) in [6.07, 6.45) is 4.80. The van der Waals surface area contributed by atoms with Gasteiger partial charge in [-0.3, -0.25) is 0 Å². The van der Waals surface area contributed by atoms with Crippen LogP contribution in [0.2, 0.25) is 5.02 Å². The van der Waals surface area contributed by atoms with E-state index in [1.807, 2.05) is 37.4 Å². The number of hydrogen-bond donors (Lipinski definition) is 2. The third kappa shape index (κ3) is 3.12. The van der Waals surface area contributed by atoms with E-state index in [0.29, 0.717) is 15.8 Å². The summed E-state index contributed by atoms with van der Waals surface area (Å²) >= 11 is 7.39. The maximum Gasteiger partial charge on any atom is 0.250 e. The molecule has 4 nitrogen and oxygen atoms in total.